The molecule has 1 N–H and O–H groups in total. The fourth-order valence-electron chi connectivity index (χ4n) is 2.35. The highest BCUT2D eigenvalue weighted by Crippen LogP contribution is 2.20. The Morgan fingerprint density at radius 2 is 2.12 bits per heavy atom. The van der Waals surface area contributed by atoms with Crippen molar-refractivity contribution in [3.8, 4) is 0 Å². The summed E-state index contributed by atoms with van der Waals surface area (Å²) < 4.78 is 0. The average molecular weight is 241 g/mol. The van der Waals surface area contributed by atoms with Crippen molar-refractivity contribution in [1.29, 1.82) is 0 Å². The molecule has 3 nitrogen and oxygen atoms in total. The first kappa shape index (κ1) is 12.1. The van der Waals surface area contributed by atoms with Gasteiger partial charge in [0, 0.05) is 25.2 Å². The van der Waals surface area contributed by atoms with Crippen molar-refractivity contribution in [2.75, 3.05) is 26.7 Å². The summed E-state index contributed by atoms with van der Waals surface area (Å²) in [7, 11) is 2.21. The van der Waals surface area contributed by atoms with Crippen LogP contribution in [-0.2, 0) is 0 Å². The van der Waals surface area contributed by atoms with Gasteiger partial charge in [0.2, 0.25) is 0 Å². The summed E-state index contributed by atoms with van der Waals surface area (Å²) in [5, 5.41) is 4.46. The number of nitrogens with zero attached hydrogens (tertiary/aromatic N) is 2. The molecule has 2 aliphatic rings. The zero-order valence-electron chi connectivity index (χ0n) is 10.4. The van der Waals surface area contributed by atoms with Gasteiger partial charge >= 0.3 is 0 Å². The van der Waals surface area contributed by atoms with Crippen LogP contribution < -0.4 is 5.32 Å². The fraction of sp³-hybridized carbons (Fsp3) is 0.917. The first-order chi connectivity index (χ1) is 7.70. The van der Waals surface area contributed by atoms with Gasteiger partial charge in [-0.3, -0.25) is 0 Å². The Bertz CT molecular complexity index is 253. The van der Waals surface area contributed by atoms with Gasteiger partial charge in [-0.2, -0.15) is 0 Å². The van der Waals surface area contributed by atoms with Crippen LogP contribution in [0.2, 0.25) is 0 Å². The summed E-state index contributed by atoms with van der Waals surface area (Å²) >= 11 is 5.53. The van der Waals surface area contributed by atoms with Gasteiger partial charge in [0.05, 0.1) is 0 Å². The Morgan fingerprint density at radius 3 is 2.75 bits per heavy atom. The van der Waals surface area contributed by atoms with Crippen LogP contribution in [0.15, 0.2) is 0 Å². The van der Waals surface area contributed by atoms with Crippen molar-refractivity contribution in [3.63, 3.8) is 0 Å². The Balaban J connectivity index is 1.94. The third-order valence-corrected chi connectivity index (χ3v) is 3.89. The molecule has 1 heterocycles. The second-order valence-corrected chi connectivity index (χ2v) is 5.48. The smallest absolute Gasteiger partial charge is 0.169 e. The van der Waals surface area contributed by atoms with Gasteiger partial charge in [-0.05, 0) is 51.5 Å². The Morgan fingerprint density at radius 1 is 1.38 bits per heavy atom. The minimum absolute atomic E-state index is 0.589. The number of thiocarbonyl (C=S) groups is 1. The summed E-state index contributed by atoms with van der Waals surface area (Å²) in [6, 6.07) is 1.26. The molecule has 2 fully saturated rings. The SMILES string of the molecule is CCC1CN(C)CCCN1C(=S)NC1CC1. The molecule has 92 valence electrons. The van der Waals surface area contributed by atoms with Crippen molar-refractivity contribution < 1.29 is 0 Å². The second-order valence-electron chi connectivity index (χ2n) is 5.10. The highest BCUT2D eigenvalue weighted by Gasteiger charge is 2.28. The molecule has 4 heteroatoms. The summed E-state index contributed by atoms with van der Waals surface area (Å²) in [4.78, 5) is 4.84. The van der Waals surface area contributed by atoms with Crippen LogP contribution in [0.4, 0.5) is 0 Å². The zero-order chi connectivity index (χ0) is 11.5. The molecule has 0 aromatic rings. The van der Waals surface area contributed by atoms with E-state index in [2.05, 4.69) is 29.1 Å². The predicted molar refractivity (Wildman–Crippen MR) is 71.7 cm³/mol. The van der Waals surface area contributed by atoms with Crippen molar-refractivity contribution in [2.24, 2.45) is 0 Å². The number of likely N-dealkylation sites (N-methyl/N-ethyl adjacent to an activating group) is 1. The topological polar surface area (TPSA) is 18.5 Å². The van der Waals surface area contributed by atoms with E-state index in [4.69, 9.17) is 12.2 Å². The largest absolute Gasteiger partial charge is 0.360 e. The molecule has 1 saturated heterocycles. The average Bonchev–Trinajstić information content (AvgIpc) is 3.05. The van der Waals surface area contributed by atoms with Gasteiger partial charge in [-0.15, -0.1) is 0 Å². The minimum atomic E-state index is 0.589. The zero-order valence-corrected chi connectivity index (χ0v) is 11.2. The van der Waals surface area contributed by atoms with Crippen molar-refractivity contribution in [2.45, 2.75) is 44.7 Å². The number of nitrogens with one attached hydrogen (secondary N) is 1. The molecule has 16 heavy (non-hydrogen) atoms. The van der Waals surface area contributed by atoms with E-state index in [0.717, 1.165) is 18.2 Å². The highest BCUT2D eigenvalue weighted by molar-refractivity contribution is 7.80. The third kappa shape index (κ3) is 3.08. The lowest BCUT2D eigenvalue weighted by Gasteiger charge is -2.32. The number of hydrogen-bond donors (Lipinski definition) is 1. The number of hydrogen-bond acceptors (Lipinski definition) is 2. The van der Waals surface area contributed by atoms with Crippen LogP contribution in [0, 0.1) is 0 Å². The van der Waals surface area contributed by atoms with E-state index in [1.165, 1.54) is 32.2 Å². The van der Waals surface area contributed by atoms with E-state index in [1.807, 2.05) is 0 Å². The molecule has 1 atom stereocenters. The van der Waals surface area contributed by atoms with Crippen LogP contribution in [0.25, 0.3) is 0 Å². The van der Waals surface area contributed by atoms with Crippen LogP contribution in [-0.4, -0.2) is 53.7 Å². The Kier molecular flexibility index (Phi) is 4.03. The van der Waals surface area contributed by atoms with Gasteiger partial charge in [0.1, 0.15) is 0 Å². The summed E-state index contributed by atoms with van der Waals surface area (Å²) in [5.41, 5.74) is 0. The fourth-order valence-corrected chi connectivity index (χ4v) is 2.75. The molecule has 1 unspecified atom stereocenters. The molecule has 0 spiro atoms. The minimum Gasteiger partial charge on any atom is -0.360 e. The molecule has 1 aliphatic heterocycles. The maximum atomic E-state index is 5.53. The Hall–Kier alpha value is -0.350. The lowest BCUT2D eigenvalue weighted by atomic mass is 10.2. The highest BCUT2D eigenvalue weighted by atomic mass is 32.1. The van der Waals surface area contributed by atoms with Gasteiger partial charge in [0.25, 0.3) is 0 Å². The first-order valence-corrected chi connectivity index (χ1v) is 6.87. The quantitative estimate of drug-likeness (QED) is 0.737. The van der Waals surface area contributed by atoms with Crippen LogP contribution >= 0.6 is 12.2 Å². The van der Waals surface area contributed by atoms with E-state index >= 15 is 0 Å². The van der Waals surface area contributed by atoms with E-state index < -0.39 is 0 Å². The normalized spacial score (nSPS) is 27.6. The van der Waals surface area contributed by atoms with Crippen molar-refractivity contribution in [3.05, 3.63) is 0 Å². The monoisotopic (exact) mass is 241 g/mol. The van der Waals surface area contributed by atoms with E-state index in [1.54, 1.807) is 0 Å². The summed E-state index contributed by atoms with van der Waals surface area (Å²) in [5.74, 6) is 0. The second kappa shape index (κ2) is 5.32. The summed E-state index contributed by atoms with van der Waals surface area (Å²) in [6.45, 7) is 5.71. The molecule has 0 bridgehead atoms. The van der Waals surface area contributed by atoms with Crippen LogP contribution in [0.3, 0.4) is 0 Å². The third-order valence-electron chi connectivity index (χ3n) is 3.54. The molecular weight excluding hydrogens is 218 g/mol. The van der Waals surface area contributed by atoms with Crippen molar-refractivity contribution >= 4 is 17.3 Å². The van der Waals surface area contributed by atoms with Crippen LogP contribution in [0.5, 0.6) is 0 Å². The van der Waals surface area contributed by atoms with Crippen LogP contribution in [0.1, 0.15) is 32.6 Å². The number of rotatable bonds is 2. The summed E-state index contributed by atoms with van der Waals surface area (Å²) in [6.07, 6.45) is 4.99. The maximum Gasteiger partial charge on any atom is 0.169 e. The molecule has 0 aromatic heterocycles. The van der Waals surface area contributed by atoms with Gasteiger partial charge in [-0.25, -0.2) is 0 Å². The van der Waals surface area contributed by atoms with Gasteiger partial charge in [-0.1, -0.05) is 6.92 Å². The molecule has 0 amide bonds. The van der Waals surface area contributed by atoms with Gasteiger partial charge in [0.15, 0.2) is 5.11 Å². The van der Waals surface area contributed by atoms with Crippen molar-refractivity contribution in [1.82, 2.24) is 15.1 Å². The van der Waals surface area contributed by atoms with E-state index in [0.29, 0.717) is 12.1 Å². The van der Waals surface area contributed by atoms with Gasteiger partial charge < -0.3 is 15.1 Å². The Labute approximate surface area is 104 Å². The molecule has 1 saturated carbocycles. The molecule has 0 radical (unpaired) electrons. The molecule has 1 aliphatic carbocycles. The van der Waals surface area contributed by atoms with E-state index in [-0.39, 0.29) is 0 Å². The standard InChI is InChI=1S/C12H23N3S/c1-3-11-9-14(2)7-4-8-15(11)12(16)13-10-5-6-10/h10-11H,3-9H2,1-2H3,(H,13,16). The first-order valence-electron chi connectivity index (χ1n) is 6.46. The van der Waals surface area contributed by atoms with E-state index in [9.17, 15) is 0 Å². The molecular formula is C12H23N3S. The lowest BCUT2D eigenvalue weighted by Crippen LogP contribution is -2.48. The lowest BCUT2D eigenvalue weighted by molar-refractivity contribution is 0.262. The maximum absolute atomic E-state index is 5.53. The predicted octanol–water partition coefficient (Wildman–Crippen LogP) is 1.44. The molecule has 2 rings (SSSR count). The molecule has 0 aromatic carbocycles.